The molecule has 3 nitrogen and oxygen atoms in total. The smallest absolute Gasteiger partial charge is 0.379 e. The van der Waals surface area contributed by atoms with E-state index in [-0.39, 0.29) is 0 Å². The lowest BCUT2D eigenvalue weighted by Crippen LogP contribution is -2.21. The number of benzene rings is 3. The van der Waals surface area contributed by atoms with Gasteiger partial charge in [0.2, 0.25) is 0 Å². The van der Waals surface area contributed by atoms with Crippen LogP contribution in [0.2, 0.25) is 0 Å². The first kappa shape index (κ1) is 12.1. The quantitative estimate of drug-likeness (QED) is 0.746. The highest BCUT2D eigenvalue weighted by Gasteiger charge is 2.04. The molecule has 0 N–H and O–H groups in total. The molecule has 3 rings (SSSR count). The van der Waals surface area contributed by atoms with E-state index >= 15 is 0 Å². The molecule has 0 unspecified atom stereocenters. The molecule has 0 spiro atoms. The van der Waals surface area contributed by atoms with Crippen LogP contribution in [-0.4, -0.2) is 30.9 Å². The summed E-state index contributed by atoms with van der Waals surface area (Å²) in [5.41, 5.74) is 0. The Morgan fingerprint density at radius 3 is 1.00 bits per heavy atom. The van der Waals surface area contributed by atoms with Crippen molar-refractivity contribution in [2.75, 3.05) is 21.3 Å². The predicted octanol–water partition coefficient (Wildman–Crippen LogP) is 1.92. The third kappa shape index (κ3) is 3.97. The lowest BCUT2D eigenvalue weighted by atomic mass is 10.1. The van der Waals surface area contributed by atoms with Crippen molar-refractivity contribution < 1.29 is 13.3 Å². The van der Waals surface area contributed by atoms with Crippen LogP contribution in [0.3, 0.4) is 0 Å². The van der Waals surface area contributed by atoms with E-state index < -0.39 is 9.53 Å². The maximum Gasteiger partial charge on any atom is 0.483 e. The monoisotopic (exact) mass is 224 g/mol. The summed E-state index contributed by atoms with van der Waals surface area (Å²) in [7, 11) is 3.05. The highest BCUT2D eigenvalue weighted by Crippen LogP contribution is 2.09. The second-order valence-electron chi connectivity index (χ2n) is 3.00. The van der Waals surface area contributed by atoms with Gasteiger partial charge in [0, 0.05) is 21.3 Å². The topological polar surface area (TPSA) is 27.7 Å². The van der Waals surface area contributed by atoms with E-state index in [0.29, 0.717) is 0 Å². The lowest BCUT2D eigenvalue weighted by molar-refractivity contribution is 0.163. The summed E-state index contributed by atoms with van der Waals surface area (Å²) in [5, 5.41) is 2.61. The molecule has 0 aliphatic carbocycles. The first-order valence-corrected chi connectivity index (χ1v) is 6.08. The summed E-state index contributed by atoms with van der Waals surface area (Å²) < 4.78 is 14.2. The van der Waals surface area contributed by atoms with E-state index in [1.807, 2.05) is 0 Å². The standard InChI is InChI=1S/C8H6.C3H10O3Si/c1-2-8-5-3-7(1)4-6-8;1-4-7(5-2)6-3/h1-6H;7H,1-3H3. The SMILES string of the molecule is CO[SiH](OC)OC.c1cc2ccc1cc2. The van der Waals surface area contributed by atoms with Crippen LogP contribution in [0.25, 0.3) is 10.8 Å². The summed E-state index contributed by atoms with van der Waals surface area (Å²) in [6, 6.07) is 12.7. The first-order chi connectivity index (χ1) is 7.30. The Labute approximate surface area is 91.9 Å². The lowest BCUT2D eigenvalue weighted by Gasteiger charge is -2.05. The van der Waals surface area contributed by atoms with Crippen LogP contribution in [0.4, 0.5) is 0 Å². The molecule has 0 aromatic heterocycles. The first-order valence-electron chi connectivity index (χ1n) is 4.66. The molecule has 3 aromatic rings. The molecule has 0 heterocycles. The second-order valence-corrected chi connectivity index (χ2v) is 4.99. The van der Waals surface area contributed by atoms with Crippen molar-refractivity contribution in [1.82, 2.24) is 0 Å². The van der Waals surface area contributed by atoms with Crippen molar-refractivity contribution >= 4 is 20.3 Å². The second kappa shape index (κ2) is 6.52. The van der Waals surface area contributed by atoms with E-state index in [0.717, 1.165) is 0 Å². The van der Waals surface area contributed by atoms with Gasteiger partial charge in [-0.1, -0.05) is 36.4 Å². The summed E-state index contributed by atoms with van der Waals surface area (Å²) in [6.45, 7) is 0. The molecule has 0 saturated heterocycles. The highest BCUT2D eigenvalue weighted by atomic mass is 28.3. The Balaban J connectivity index is 0.000000153. The number of rotatable bonds is 3. The van der Waals surface area contributed by atoms with E-state index in [1.54, 1.807) is 21.3 Å². The fraction of sp³-hybridized carbons (Fsp3) is 0.273. The van der Waals surface area contributed by atoms with Gasteiger partial charge in [-0.25, -0.2) is 0 Å². The van der Waals surface area contributed by atoms with Gasteiger partial charge >= 0.3 is 9.53 Å². The minimum Gasteiger partial charge on any atom is -0.379 e. The Hall–Kier alpha value is -0.943. The van der Waals surface area contributed by atoms with Crippen molar-refractivity contribution in [1.29, 1.82) is 0 Å². The maximum atomic E-state index is 4.74. The van der Waals surface area contributed by atoms with E-state index in [9.17, 15) is 0 Å². The molecule has 0 aliphatic heterocycles. The minimum absolute atomic E-state index is 1.31. The highest BCUT2D eigenvalue weighted by molar-refractivity contribution is 6.36. The van der Waals surface area contributed by atoms with Crippen molar-refractivity contribution in [3.05, 3.63) is 36.4 Å². The van der Waals surface area contributed by atoms with Gasteiger partial charge in [-0.05, 0) is 10.8 Å². The molecule has 0 amide bonds. The van der Waals surface area contributed by atoms with Gasteiger partial charge in [-0.2, -0.15) is 0 Å². The third-order valence-electron chi connectivity index (χ3n) is 1.98. The molecule has 0 radical (unpaired) electrons. The Morgan fingerprint density at radius 2 is 0.933 bits per heavy atom. The van der Waals surface area contributed by atoms with Crippen LogP contribution >= 0.6 is 0 Å². The van der Waals surface area contributed by atoms with Crippen LogP contribution in [0.15, 0.2) is 36.4 Å². The molecule has 0 aliphatic rings. The molecule has 82 valence electrons. The van der Waals surface area contributed by atoms with Crippen LogP contribution < -0.4 is 0 Å². The van der Waals surface area contributed by atoms with Crippen LogP contribution in [0, 0.1) is 0 Å². The van der Waals surface area contributed by atoms with E-state index in [1.165, 1.54) is 10.8 Å². The average Bonchev–Trinajstić information content (AvgIpc) is 2.35. The van der Waals surface area contributed by atoms with Gasteiger partial charge in [-0.3, -0.25) is 0 Å². The largest absolute Gasteiger partial charge is 0.483 e. The predicted molar refractivity (Wildman–Crippen MR) is 63.3 cm³/mol. The van der Waals surface area contributed by atoms with Gasteiger partial charge in [-0.15, -0.1) is 0 Å². The Morgan fingerprint density at radius 1 is 0.667 bits per heavy atom. The van der Waals surface area contributed by atoms with Crippen LogP contribution in [0.1, 0.15) is 0 Å². The molecule has 0 saturated carbocycles. The zero-order valence-corrected chi connectivity index (χ0v) is 10.4. The van der Waals surface area contributed by atoms with E-state index in [2.05, 4.69) is 36.4 Å². The molecular formula is C11H16O3Si. The summed E-state index contributed by atoms with van der Waals surface area (Å²) in [5.74, 6) is 0. The molecule has 4 heteroatoms. The fourth-order valence-corrected chi connectivity index (χ4v) is 1.78. The number of hydrogen-bond acceptors (Lipinski definition) is 3. The average molecular weight is 224 g/mol. The third-order valence-corrected chi connectivity index (χ3v) is 3.14. The van der Waals surface area contributed by atoms with Gasteiger partial charge in [0.1, 0.15) is 0 Å². The maximum absolute atomic E-state index is 4.74. The Kier molecular flexibility index (Phi) is 5.27. The van der Waals surface area contributed by atoms with Crippen molar-refractivity contribution in [2.45, 2.75) is 0 Å². The van der Waals surface area contributed by atoms with Crippen molar-refractivity contribution in [2.24, 2.45) is 0 Å². The van der Waals surface area contributed by atoms with Crippen LogP contribution in [0.5, 0.6) is 0 Å². The molecule has 0 fully saturated rings. The van der Waals surface area contributed by atoms with Gasteiger partial charge in [0.25, 0.3) is 0 Å². The Bertz CT molecular complexity index is 279. The summed E-state index contributed by atoms with van der Waals surface area (Å²) in [6.07, 6.45) is 0. The molecule has 3 aromatic carbocycles. The molecule has 2 bridgehead atoms. The zero-order chi connectivity index (χ0) is 11.1. The minimum atomic E-state index is -1.67. The molecular weight excluding hydrogens is 208 g/mol. The number of fused-ring (bicyclic) bond motifs is 3. The normalized spacial score (nSPS) is 10.4. The molecule has 0 atom stereocenters. The van der Waals surface area contributed by atoms with Crippen molar-refractivity contribution in [3.8, 4) is 0 Å². The number of hydrogen-bond donors (Lipinski definition) is 0. The van der Waals surface area contributed by atoms with Crippen molar-refractivity contribution in [3.63, 3.8) is 0 Å². The molecule has 15 heavy (non-hydrogen) atoms. The fourth-order valence-electron chi connectivity index (χ4n) is 1.20. The van der Waals surface area contributed by atoms with Gasteiger partial charge in [0.05, 0.1) is 0 Å². The van der Waals surface area contributed by atoms with Gasteiger partial charge < -0.3 is 13.3 Å². The van der Waals surface area contributed by atoms with Crippen LogP contribution in [-0.2, 0) is 13.3 Å². The van der Waals surface area contributed by atoms with E-state index in [4.69, 9.17) is 13.3 Å². The van der Waals surface area contributed by atoms with Gasteiger partial charge in [0.15, 0.2) is 0 Å². The summed E-state index contributed by atoms with van der Waals surface area (Å²) >= 11 is 0. The summed E-state index contributed by atoms with van der Waals surface area (Å²) in [4.78, 5) is 0. The zero-order valence-electron chi connectivity index (χ0n) is 9.27.